The second-order valence-electron chi connectivity index (χ2n) is 2.29. The Kier molecular flexibility index (Phi) is 6.50. The van der Waals surface area contributed by atoms with Crippen molar-refractivity contribution in [3.05, 3.63) is 17.7 Å². The zero-order valence-corrected chi connectivity index (χ0v) is 8.60. The molecule has 6 nitrogen and oxygen atoms in total. The highest BCUT2D eigenvalue weighted by atomic mass is 16.5. The number of esters is 2. The Balaban J connectivity index is 4.41. The van der Waals surface area contributed by atoms with Gasteiger partial charge in [0.2, 0.25) is 0 Å². The van der Waals surface area contributed by atoms with Crippen molar-refractivity contribution in [1.29, 1.82) is 0 Å². The van der Waals surface area contributed by atoms with Crippen molar-refractivity contribution in [1.82, 2.24) is 0 Å². The van der Waals surface area contributed by atoms with Crippen LogP contribution in [0.2, 0.25) is 0 Å². The summed E-state index contributed by atoms with van der Waals surface area (Å²) in [6.45, 7) is 3.65. The second-order valence-corrected chi connectivity index (χ2v) is 2.29. The molecule has 0 heterocycles. The summed E-state index contributed by atoms with van der Waals surface area (Å²) in [6, 6.07) is 0. The number of carbonyl (C=O) groups is 2. The molecule has 0 bridgehead atoms. The van der Waals surface area contributed by atoms with E-state index in [0.29, 0.717) is 0 Å². The maximum atomic E-state index is 11.0. The molecule has 0 rings (SSSR count). The molecular weight excluding hydrogens is 200 g/mol. The second kappa shape index (κ2) is 7.46. The fourth-order valence-corrected chi connectivity index (χ4v) is 0.685. The van der Waals surface area contributed by atoms with Crippen LogP contribution in [0.15, 0.2) is 12.2 Å². The normalized spacial score (nSPS) is 9.47. The van der Waals surface area contributed by atoms with Gasteiger partial charge in [0.05, 0.1) is 13.2 Å². The number of nitrogens with zero attached hydrogens (tertiary/aromatic N) is 2. The highest BCUT2D eigenvalue weighted by Crippen LogP contribution is 1.87. The first-order valence-corrected chi connectivity index (χ1v) is 4.39. The fourth-order valence-electron chi connectivity index (χ4n) is 0.685. The van der Waals surface area contributed by atoms with Crippen molar-refractivity contribution in [3.63, 3.8) is 0 Å². The lowest BCUT2D eigenvalue weighted by Crippen LogP contribution is -2.16. The third-order valence-corrected chi connectivity index (χ3v) is 1.26. The number of carbonyl (C=O) groups excluding carboxylic acids is 2. The number of ether oxygens (including phenoxy) is 2. The molecule has 0 aliphatic heterocycles. The summed E-state index contributed by atoms with van der Waals surface area (Å²) >= 11 is 0. The van der Waals surface area contributed by atoms with Crippen molar-refractivity contribution in [2.45, 2.75) is 13.8 Å². The highest BCUT2D eigenvalue weighted by Gasteiger charge is 2.18. The molecule has 6 heteroatoms. The number of hydrogen-bond donors (Lipinski definition) is 0. The molecule has 0 aliphatic rings. The van der Waals surface area contributed by atoms with Gasteiger partial charge in [-0.25, -0.2) is 9.59 Å². The fraction of sp³-hybridized carbons (Fsp3) is 0.444. The number of hydrogen-bond acceptors (Lipinski definition) is 4. The molecule has 0 aromatic rings. The van der Waals surface area contributed by atoms with Crippen LogP contribution in [0.5, 0.6) is 0 Å². The lowest BCUT2D eigenvalue weighted by Gasteiger charge is -1.94. The van der Waals surface area contributed by atoms with E-state index in [1.165, 1.54) is 0 Å². The topological polar surface area (TPSA) is 89.0 Å². The van der Waals surface area contributed by atoms with Crippen molar-refractivity contribution >= 4 is 17.7 Å². The van der Waals surface area contributed by atoms with E-state index in [9.17, 15) is 9.59 Å². The van der Waals surface area contributed by atoms with E-state index < -0.39 is 11.9 Å². The molecule has 0 fully saturated rings. The van der Waals surface area contributed by atoms with Gasteiger partial charge in [-0.05, 0) is 13.8 Å². The predicted molar refractivity (Wildman–Crippen MR) is 51.0 cm³/mol. The largest absolute Gasteiger partial charge is 0.463 e. The van der Waals surface area contributed by atoms with Crippen LogP contribution in [0.1, 0.15) is 13.8 Å². The van der Waals surface area contributed by atoms with Gasteiger partial charge in [0.25, 0.3) is 0 Å². The van der Waals surface area contributed by atoms with Gasteiger partial charge in [0, 0.05) is 12.2 Å². The first-order valence-electron chi connectivity index (χ1n) is 4.39. The molecule has 0 aromatic carbocycles. The molecule has 15 heavy (non-hydrogen) atoms. The maximum absolute atomic E-state index is 11.0. The first-order chi connectivity index (χ1) is 7.15. The standard InChI is InChI=1S/C9H12N2O4/c1-3-14-8(12)6-5-7(11-10)9(13)15-4-2/h5-6H,3-4H2,1-2H3. The maximum Gasteiger partial charge on any atom is 0.421 e. The summed E-state index contributed by atoms with van der Waals surface area (Å²) in [4.78, 5) is 24.6. The Hall–Kier alpha value is -1.94. The minimum Gasteiger partial charge on any atom is -0.463 e. The summed E-state index contributed by atoms with van der Waals surface area (Å²) in [5.41, 5.74) is 8.09. The molecule has 0 aliphatic carbocycles. The van der Waals surface area contributed by atoms with E-state index in [1.807, 2.05) is 0 Å². The summed E-state index contributed by atoms with van der Waals surface area (Å²) in [7, 11) is 0. The van der Waals surface area contributed by atoms with Crippen molar-refractivity contribution < 1.29 is 23.9 Å². The van der Waals surface area contributed by atoms with Gasteiger partial charge in [-0.3, -0.25) is 0 Å². The lowest BCUT2D eigenvalue weighted by atomic mass is 10.3. The van der Waals surface area contributed by atoms with Crippen LogP contribution in [0.3, 0.4) is 0 Å². The van der Waals surface area contributed by atoms with E-state index in [1.54, 1.807) is 13.8 Å². The molecule has 0 amide bonds. The smallest absolute Gasteiger partial charge is 0.421 e. The molecule has 0 atom stereocenters. The van der Waals surface area contributed by atoms with Crippen LogP contribution >= 0.6 is 0 Å². The SMILES string of the molecule is CCOC(=O)C=CC(=[N+]=[N-])C(=O)OCC. The average Bonchev–Trinajstić information content (AvgIpc) is 2.19. The van der Waals surface area contributed by atoms with Gasteiger partial charge in [-0.1, -0.05) is 0 Å². The highest BCUT2D eigenvalue weighted by molar-refractivity contribution is 6.39. The van der Waals surface area contributed by atoms with Crippen LogP contribution in [0, 0.1) is 0 Å². The van der Waals surface area contributed by atoms with E-state index in [0.717, 1.165) is 12.2 Å². The zero-order valence-electron chi connectivity index (χ0n) is 8.60. The summed E-state index contributed by atoms with van der Waals surface area (Å²) in [5.74, 6) is -1.43. The Morgan fingerprint density at radius 2 is 1.80 bits per heavy atom. The lowest BCUT2D eigenvalue weighted by molar-refractivity contribution is -0.139. The molecule has 0 unspecified atom stereocenters. The molecule has 82 valence electrons. The monoisotopic (exact) mass is 212 g/mol. The van der Waals surface area contributed by atoms with Gasteiger partial charge in [0.15, 0.2) is 0 Å². The summed E-state index contributed by atoms with van der Waals surface area (Å²) in [5, 5.41) is 0. The molecular formula is C9H12N2O4. The van der Waals surface area contributed by atoms with E-state index in [2.05, 4.69) is 14.3 Å². The quantitative estimate of drug-likeness (QED) is 0.216. The molecule has 0 saturated heterocycles. The molecule has 0 saturated carbocycles. The average molecular weight is 212 g/mol. The molecule has 0 radical (unpaired) electrons. The molecule has 0 N–H and O–H groups in total. The van der Waals surface area contributed by atoms with Gasteiger partial charge in [-0.2, -0.15) is 4.79 Å². The van der Waals surface area contributed by atoms with E-state index in [4.69, 9.17) is 5.53 Å². The van der Waals surface area contributed by atoms with Crippen molar-refractivity contribution in [2.75, 3.05) is 13.2 Å². The van der Waals surface area contributed by atoms with Crippen LogP contribution in [-0.4, -0.2) is 35.7 Å². The van der Waals surface area contributed by atoms with Crippen molar-refractivity contribution in [3.8, 4) is 0 Å². The molecule has 0 spiro atoms. The van der Waals surface area contributed by atoms with Crippen LogP contribution < -0.4 is 0 Å². The Bertz CT molecular complexity index is 316. The third-order valence-electron chi connectivity index (χ3n) is 1.26. The summed E-state index contributed by atoms with van der Waals surface area (Å²) < 4.78 is 9.12. The van der Waals surface area contributed by atoms with E-state index >= 15 is 0 Å². The zero-order chi connectivity index (χ0) is 11.7. The third kappa shape index (κ3) is 5.38. The Morgan fingerprint density at radius 3 is 2.27 bits per heavy atom. The van der Waals surface area contributed by atoms with Gasteiger partial charge < -0.3 is 15.0 Å². The minimum absolute atomic E-state index is 0.158. The molecule has 0 aromatic heterocycles. The predicted octanol–water partition coefficient (Wildman–Crippen LogP) is 0.340. The first kappa shape index (κ1) is 13.1. The van der Waals surface area contributed by atoms with Crippen LogP contribution in [0.4, 0.5) is 0 Å². The van der Waals surface area contributed by atoms with Crippen LogP contribution in [-0.2, 0) is 19.1 Å². The Morgan fingerprint density at radius 1 is 1.20 bits per heavy atom. The van der Waals surface area contributed by atoms with Crippen molar-refractivity contribution in [2.24, 2.45) is 0 Å². The van der Waals surface area contributed by atoms with Gasteiger partial charge >= 0.3 is 17.7 Å². The Labute approximate surface area is 87.1 Å². The van der Waals surface area contributed by atoms with Gasteiger partial charge in [-0.15, -0.1) is 0 Å². The van der Waals surface area contributed by atoms with Gasteiger partial charge in [0.1, 0.15) is 0 Å². The van der Waals surface area contributed by atoms with E-state index in [-0.39, 0.29) is 18.9 Å². The number of rotatable bonds is 5. The minimum atomic E-state index is -0.805. The van der Waals surface area contributed by atoms with Crippen LogP contribution in [0.25, 0.3) is 5.53 Å². The summed E-state index contributed by atoms with van der Waals surface area (Å²) in [6.07, 6.45) is 2.01.